The molecule has 0 saturated heterocycles. The van der Waals surface area contributed by atoms with Crippen LogP contribution in [-0.2, 0) is 11.3 Å². The lowest BCUT2D eigenvalue weighted by Crippen LogP contribution is -2.40. The first-order chi connectivity index (χ1) is 6.91. The van der Waals surface area contributed by atoms with Gasteiger partial charge >= 0.3 is 11.7 Å². The summed E-state index contributed by atoms with van der Waals surface area (Å²) in [5, 5.41) is 8.55. The number of aromatic nitrogens is 2. The fourth-order valence-corrected chi connectivity index (χ4v) is 1.04. The van der Waals surface area contributed by atoms with Crippen molar-refractivity contribution in [3.05, 3.63) is 32.6 Å². The number of rotatable bonds is 3. The van der Waals surface area contributed by atoms with E-state index >= 15 is 0 Å². The largest absolute Gasteiger partial charge is 0.480 e. The van der Waals surface area contributed by atoms with E-state index in [1.54, 1.807) is 0 Å². The quantitative estimate of drug-likeness (QED) is 0.550. The Morgan fingerprint density at radius 3 is 2.80 bits per heavy atom. The van der Waals surface area contributed by atoms with E-state index in [0.29, 0.717) is 5.56 Å². The SMILES string of the molecule is Cc1cn(C[C@@H](N)C(=O)O)c(=O)[nH]c1=O. The van der Waals surface area contributed by atoms with Gasteiger partial charge in [0.15, 0.2) is 0 Å². The molecule has 0 aliphatic carbocycles. The Kier molecular flexibility index (Phi) is 3.05. The number of hydrogen-bond acceptors (Lipinski definition) is 4. The highest BCUT2D eigenvalue weighted by molar-refractivity contribution is 5.72. The smallest absolute Gasteiger partial charge is 0.328 e. The number of H-pyrrole nitrogens is 1. The van der Waals surface area contributed by atoms with E-state index in [1.165, 1.54) is 13.1 Å². The van der Waals surface area contributed by atoms with Crippen LogP contribution in [0.15, 0.2) is 15.8 Å². The Morgan fingerprint density at radius 1 is 1.67 bits per heavy atom. The second-order valence-electron chi connectivity index (χ2n) is 3.17. The maximum absolute atomic E-state index is 11.2. The Labute approximate surface area is 84.2 Å². The molecule has 7 nitrogen and oxygen atoms in total. The van der Waals surface area contributed by atoms with Crippen LogP contribution in [0.5, 0.6) is 0 Å². The average molecular weight is 213 g/mol. The average Bonchev–Trinajstić information content (AvgIpc) is 2.13. The van der Waals surface area contributed by atoms with Crippen molar-refractivity contribution < 1.29 is 9.90 Å². The van der Waals surface area contributed by atoms with E-state index in [-0.39, 0.29) is 6.54 Å². The van der Waals surface area contributed by atoms with Crippen molar-refractivity contribution in [2.24, 2.45) is 5.73 Å². The molecule has 4 N–H and O–H groups in total. The molecular weight excluding hydrogens is 202 g/mol. The second-order valence-corrected chi connectivity index (χ2v) is 3.17. The number of hydrogen-bond donors (Lipinski definition) is 3. The van der Waals surface area contributed by atoms with E-state index in [2.05, 4.69) is 4.98 Å². The van der Waals surface area contributed by atoms with E-state index in [9.17, 15) is 14.4 Å². The molecule has 0 aliphatic heterocycles. The van der Waals surface area contributed by atoms with Crippen LogP contribution in [0.3, 0.4) is 0 Å². The highest BCUT2D eigenvalue weighted by Gasteiger charge is 2.13. The van der Waals surface area contributed by atoms with Gasteiger partial charge in [-0.1, -0.05) is 0 Å². The van der Waals surface area contributed by atoms with Crippen LogP contribution in [0.1, 0.15) is 5.56 Å². The standard InChI is InChI=1S/C8H11N3O4/c1-4-2-11(3-5(9)7(13)14)8(15)10-6(4)12/h2,5H,3,9H2,1H3,(H,13,14)(H,10,12,15)/t5-/m1/s1. The lowest BCUT2D eigenvalue weighted by molar-refractivity contribution is -0.138. The molecule has 1 rings (SSSR count). The Hall–Kier alpha value is -1.89. The number of aliphatic carboxylic acids is 1. The minimum absolute atomic E-state index is 0.175. The van der Waals surface area contributed by atoms with Gasteiger partial charge < -0.3 is 10.8 Å². The second kappa shape index (κ2) is 4.09. The number of aryl methyl sites for hydroxylation is 1. The third kappa shape index (κ3) is 2.53. The molecule has 0 spiro atoms. The van der Waals surface area contributed by atoms with Crippen LogP contribution in [-0.4, -0.2) is 26.7 Å². The summed E-state index contributed by atoms with van der Waals surface area (Å²) in [7, 11) is 0. The third-order valence-electron chi connectivity index (χ3n) is 1.90. The van der Waals surface area contributed by atoms with Gasteiger partial charge in [-0.3, -0.25) is 19.1 Å². The number of carbonyl (C=O) groups is 1. The monoisotopic (exact) mass is 213 g/mol. The molecule has 0 amide bonds. The van der Waals surface area contributed by atoms with Crippen LogP contribution in [0, 0.1) is 6.92 Å². The molecule has 0 bridgehead atoms. The van der Waals surface area contributed by atoms with Crippen molar-refractivity contribution in [3.63, 3.8) is 0 Å². The van der Waals surface area contributed by atoms with Gasteiger partial charge in [-0.15, -0.1) is 0 Å². The minimum Gasteiger partial charge on any atom is -0.480 e. The van der Waals surface area contributed by atoms with Crippen LogP contribution < -0.4 is 17.0 Å². The topological polar surface area (TPSA) is 118 Å². The van der Waals surface area contributed by atoms with E-state index in [0.717, 1.165) is 4.57 Å². The van der Waals surface area contributed by atoms with Gasteiger partial charge in [0.25, 0.3) is 5.56 Å². The van der Waals surface area contributed by atoms with Gasteiger partial charge in [0.1, 0.15) is 6.04 Å². The number of carboxylic acid groups (broad SMARTS) is 1. The van der Waals surface area contributed by atoms with Crippen LogP contribution >= 0.6 is 0 Å². The molecule has 82 valence electrons. The molecular formula is C8H11N3O4. The van der Waals surface area contributed by atoms with Gasteiger partial charge in [-0.05, 0) is 6.92 Å². The highest BCUT2D eigenvalue weighted by Crippen LogP contribution is 1.88. The Bertz CT molecular complexity index is 487. The zero-order valence-corrected chi connectivity index (χ0v) is 8.06. The summed E-state index contributed by atoms with van der Waals surface area (Å²) in [4.78, 5) is 34.7. The van der Waals surface area contributed by atoms with Gasteiger partial charge in [0.2, 0.25) is 0 Å². The highest BCUT2D eigenvalue weighted by atomic mass is 16.4. The summed E-state index contributed by atoms with van der Waals surface area (Å²) < 4.78 is 1.06. The maximum atomic E-state index is 11.2. The number of nitrogens with zero attached hydrogens (tertiary/aromatic N) is 1. The zero-order chi connectivity index (χ0) is 11.6. The summed E-state index contributed by atoms with van der Waals surface area (Å²) >= 11 is 0. The molecule has 1 aromatic heterocycles. The van der Waals surface area contributed by atoms with E-state index in [1.807, 2.05) is 0 Å². The molecule has 1 atom stereocenters. The Balaban J connectivity index is 3.06. The van der Waals surface area contributed by atoms with Gasteiger partial charge in [0, 0.05) is 11.8 Å². The van der Waals surface area contributed by atoms with Crippen molar-refractivity contribution in [3.8, 4) is 0 Å². The number of nitrogens with one attached hydrogen (secondary N) is 1. The summed E-state index contributed by atoms with van der Waals surface area (Å²) in [6, 6.07) is -1.17. The molecule has 15 heavy (non-hydrogen) atoms. The van der Waals surface area contributed by atoms with E-state index < -0.39 is 23.3 Å². The molecule has 1 aromatic rings. The van der Waals surface area contributed by atoms with Crippen LogP contribution in [0.25, 0.3) is 0 Å². The molecule has 0 fully saturated rings. The molecule has 0 radical (unpaired) electrons. The minimum atomic E-state index is -1.20. The van der Waals surface area contributed by atoms with Crippen molar-refractivity contribution in [1.82, 2.24) is 9.55 Å². The lowest BCUT2D eigenvalue weighted by atomic mass is 10.3. The summed E-state index contributed by atoms with van der Waals surface area (Å²) in [6.07, 6.45) is 1.28. The van der Waals surface area contributed by atoms with Crippen molar-refractivity contribution >= 4 is 5.97 Å². The summed E-state index contributed by atoms with van der Waals surface area (Å²) in [5.41, 5.74) is 4.43. The van der Waals surface area contributed by atoms with E-state index in [4.69, 9.17) is 10.8 Å². The predicted octanol–water partition coefficient (Wildman–Crippen LogP) is -1.74. The molecule has 0 aliphatic rings. The molecule has 0 unspecified atom stereocenters. The molecule has 7 heteroatoms. The number of carboxylic acids is 1. The van der Waals surface area contributed by atoms with Gasteiger partial charge in [-0.25, -0.2) is 4.79 Å². The molecule has 1 heterocycles. The first kappa shape index (κ1) is 11.2. The van der Waals surface area contributed by atoms with Crippen LogP contribution in [0.4, 0.5) is 0 Å². The predicted molar refractivity (Wildman–Crippen MR) is 51.7 cm³/mol. The number of aromatic amines is 1. The zero-order valence-electron chi connectivity index (χ0n) is 8.06. The van der Waals surface area contributed by atoms with Crippen molar-refractivity contribution in [2.45, 2.75) is 19.5 Å². The van der Waals surface area contributed by atoms with Crippen molar-refractivity contribution in [2.75, 3.05) is 0 Å². The van der Waals surface area contributed by atoms with Crippen molar-refractivity contribution in [1.29, 1.82) is 0 Å². The normalized spacial score (nSPS) is 12.4. The first-order valence-electron chi connectivity index (χ1n) is 4.20. The lowest BCUT2D eigenvalue weighted by Gasteiger charge is -2.08. The molecule has 0 aromatic carbocycles. The Morgan fingerprint density at radius 2 is 2.27 bits per heavy atom. The molecule has 0 saturated carbocycles. The third-order valence-corrected chi connectivity index (χ3v) is 1.90. The van der Waals surface area contributed by atoms with Gasteiger partial charge in [0.05, 0.1) is 6.54 Å². The fourth-order valence-electron chi connectivity index (χ4n) is 1.04. The summed E-state index contributed by atoms with van der Waals surface area (Å²) in [6.45, 7) is 1.34. The maximum Gasteiger partial charge on any atom is 0.328 e. The van der Waals surface area contributed by atoms with Gasteiger partial charge in [-0.2, -0.15) is 0 Å². The van der Waals surface area contributed by atoms with Crippen LogP contribution in [0.2, 0.25) is 0 Å². The first-order valence-corrected chi connectivity index (χ1v) is 4.20. The fraction of sp³-hybridized carbons (Fsp3) is 0.375. The number of nitrogens with two attached hydrogens (primary N) is 1. The summed E-state index contributed by atoms with van der Waals surface area (Å²) in [5.74, 6) is -1.20.